The van der Waals surface area contributed by atoms with Crippen molar-refractivity contribution < 1.29 is 9.53 Å². The van der Waals surface area contributed by atoms with Crippen molar-refractivity contribution in [1.29, 1.82) is 0 Å². The monoisotopic (exact) mass is 285 g/mol. The Bertz CT molecular complexity index is 529. The number of esters is 1. The maximum Gasteiger partial charge on any atom is 0.337 e. The second kappa shape index (κ2) is 6.44. The predicted octanol–water partition coefficient (Wildman–Crippen LogP) is 3.50. The number of carbonyl (C=O) groups excluding carboxylic acids is 1. The number of methoxy groups -OCH3 is 1. The van der Waals surface area contributed by atoms with Crippen molar-refractivity contribution >= 4 is 12.0 Å². The fraction of sp³-hybridized carbons (Fsp3) is 0.500. The average Bonchev–Trinajstić information content (AvgIpc) is 2.47. The fourth-order valence-corrected chi connectivity index (χ4v) is 3.30. The van der Waals surface area contributed by atoms with Crippen molar-refractivity contribution in [1.82, 2.24) is 4.90 Å². The quantitative estimate of drug-likeness (QED) is 0.796. The van der Waals surface area contributed by atoms with E-state index in [0.29, 0.717) is 11.6 Å². The van der Waals surface area contributed by atoms with Crippen LogP contribution in [0.3, 0.4) is 0 Å². The second-order valence-electron chi connectivity index (χ2n) is 5.98. The lowest BCUT2D eigenvalue weighted by Gasteiger charge is -2.42. The molecule has 1 aliphatic heterocycles. The molecule has 1 saturated heterocycles. The summed E-state index contributed by atoms with van der Waals surface area (Å²) in [4.78, 5) is 14.1. The van der Waals surface area contributed by atoms with Crippen molar-refractivity contribution in [3.63, 3.8) is 0 Å². The van der Waals surface area contributed by atoms with E-state index in [0.717, 1.165) is 0 Å². The van der Waals surface area contributed by atoms with E-state index in [9.17, 15) is 4.79 Å². The highest BCUT2D eigenvalue weighted by Crippen LogP contribution is 2.31. The molecule has 3 nitrogen and oxygen atoms in total. The van der Waals surface area contributed by atoms with Gasteiger partial charge in [-0.2, -0.15) is 0 Å². The summed E-state index contributed by atoms with van der Waals surface area (Å²) >= 11 is 0. The number of ether oxygens (including phenoxy) is 1. The van der Waals surface area contributed by atoms with E-state index < -0.39 is 0 Å². The molecule has 1 aromatic rings. The molecule has 1 aromatic carbocycles. The molecule has 1 unspecified atom stereocenters. The highest BCUT2D eigenvalue weighted by molar-refractivity contribution is 5.89. The van der Waals surface area contributed by atoms with E-state index in [1.165, 1.54) is 57.9 Å². The van der Waals surface area contributed by atoms with Crippen LogP contribution in [0.4, 0.5) is 0 Å². The van der Waals surface area contributed by atoms with Crippen LogP contribution in [-0.2, 0) is 4.74 Å². The number of rotatable bonds is 3. The van der Waals surface area contributed by atoms with Crippen LogP contribution >= 0.6 is 0 Å². The molecule has 2 fully saturated rings. The SMILES string of the molecule is COC(=O)c1ccc(/C=C2/CCCCC2N2CCC2)cc1. The first-order chi connectivity index (χ1) is 10.3. The number of hydrogen-bond donors (Lipinski definition) is 0. The summed E-state index contributed by atoms with van der Waals surface area (Å²) in [5.41, 5.74) is 3.36. The summed E-state index contributed by atoms with van der Waals surface area (Å²) in [6.45, 7) is 2.51. The van der Waals surface area contributed by atoms with Gasteiger partial charge in [0.15, 0.2) is 0 Å². The van der Waals surface area contributed by atoms with Gasteiger partial charge < -0.3 is 4.74 Å². The minimum absolute atomic E-state index is 0.273. The number of nitrogens with zero attached hydrogens (tertiary/aromatic N) is 1. The normalized spacial score (nSPS) is 24.6. The zero-order chi connectivity index (χ0) is 14.7. The molecule has 1 aliphatic carbocycles. The second-order valence-corrected chi connectivity index (χ2v) is 5.98. The molecular formula is C18H23NO2. The summed E-state index contributed by atoms with van der Waals surface area (Å²) < 4.78 is 4.74. The molecule has 21 heavy (non-hydrogen) atoms. The Labute approximate surface area is 126 Å². The third-order valence-electron chi connectivity index (χ3n) is 4.64. The summed E-state index contributed by atoms with van der Waals surface area (Å²) in [5.74, 6) is -0.273. The third-order valence-corrected chi connectivity index (χ3v) is 4.64. The number of likely N-dealkylation sites (tertiary alicyclic amines) is 1. The van der Waals surface area contributed by atoms with E-state index >= 15 is 0 Å². The molecule has 1 heterocycles. The van der Waals surface area contributed by atoms with Crippen molar-refractivity contribution in [3.8, 4) is 0 Å². The topological polar surface area (TPSA) is 29.5 Å². The van der Waals surface area contributed by atoms with Gasteiger partial charge in [0.05, 0.1) is 12.7 Å². The van der Waals surface area contributed by atoms with Gasteiger partial charge in [-0.25, -0.2) is 4.79 Å². The zero-order valence-electron chi connectivity index (χ0n) is 12.7. The first-order valence-corrected chi connectivity index (χ1v) is 7.91. The minimum Gasteiger partial charge on any atom is -0.465 e. The van der Waals surface area contributed by atoms with E-state index in [1.807, 2.05) is 24.3 Å². The van der Waals surface area contributed by atoms with E-state index in [-0.39, 0.29) is 5.97 Å². The first kappa shape index (κ1) is 14.3. The van der Waals surface area contributed by atoms with Crippen LogP contribution in [-0.4, -0.2) is 37.1 Å². The van der Waals surface area contributed by atoms with E-state index in [2.05, 4.69) is 11.0 Å². The van der Waals surface area contributed by atoms with Gasteiger partial charge in [-0.1, -0.05) is 30.2 Å². The van der Waals surface area contributed by atoms with Crippen LogP contribution < -0.4 is 0 Å². The standard InChI is InChI=1S/C18H23NO2/c1-21-18(20)15-9-7-14(8-10-15)13-16-5-2-3-6-17(16)19-11-4-12-19/h7-10,13,17H,2-6,11-12H2,1H3/b16-13-. The Morgan fingerprint density at radius 2 is 1.95 bits per heavy atom. The highest BCUT2D eigenvalue weighted by Gasteiger charge is 2.28. The van der Waals surface area contributed by atoms with Crippen LogP contribution in [0.15, 0.2) is 29.8 Å². The molecule has 1 atom stereocenters. The van der Waals surface area contributed by atoms with Gasteiger partial charge in [-0.15, -0.1) is 0 Å². The molecule has 3 rings (SSSR count). The van der Waals surface area contributed by atoms with Gasteiger partial charge in [0, 0.05) is 6.04 Å². The highest BCUT2D eigenvalue weighted by atomic mass is 16.5. The fourth-order valence-electron chi connectivity index (χ4n) is 3.30. The Morgan fingerprint density at radius 1 is 1.19 bits per heavy atom. The van der Waals surface area contributed by atoms with Gasteiger partial charge >= 0.3 is 5.97 Å². The molecule has 0 amide bonds. The molecule has 3 heteroatoms. The maximum atomic E-state index is 11.5. The summed E-state index contributed by atoms with van der Waals surface area (Å²) in [6.07, 6.45) is 8.82. The van der Waals surface area contributed by atoms with E-state index in [4.69, 9.17) is 4.74 Å². The lowest BCUT2D eigenvalue weighted by atomic mass is 9.86. The number of benzene rings is 1. The average molecular weight is 285 g/mol. The Balaban J connectivity index is 1.77. The number of hydrogen-bond acceptors (Lipinski definition) is 3. The molecule has 0 spiro atoms. The largest absolute Gasteiger partial charge is 0.465 e. The van der Waals surface area contributed by atoms with Crippen LogP contribution in [0.5, 0.6) is 0 Å². The molecule has 0 radical (unpaired) electrons. The maximum absolute atomic E-state index is 11.5. The minimum atomic E-state index is -0.273. The van der Waals surface area contributed by atoms with Crippen LogP contribution in [0.2, 0.25) is 0 Å². The molecule has 112 valence electrons. The van der Waals surface area contributed by atoms with Gasteiger partial charge in [0.25, 0.3) is 0 Å². The lowest BCUT2D eigenvalue weighted by molar-refractivity contribution is 0.0600. The molecule has 2 aliphatic rings. The first-order valence-electron chi connectivity index (χ1n) is 7.91. The summed E-state index contributed by atoms with van der Waals surface area (Å²) in [5, 5.41) is 0. The molecule has 0 aromatic heterocycles. The predicted molar refractivity (Wildman–Crippen MR) is 84.2 cm³/mol. The number of carbonyl (C=O) groups is 1. The zero-order valence-corrected chi connectivity index (χ0v) is 12.7. The van der Waals surface area contributed by atoms with Gasteiger partial charge in [-0.05, 0) is 56.5 Å². The van der Waals surface area contributed by atoms with Gasteiger partial charge in [-0.3, -0.25) is 4.90 Å². The van der Waals surface area contributed by atoms with E-state index in [1.54, 1.807) is 5.57 Å². The van der Waals surface area contributed by atoms with Gasteiger partial charge in [0.1, 0.15) is 0 Å². The molecular weight excluding hydrogens is 262 g/mol. The van der Waals surface area contributed by atoms with Crippen molar-refractivity contribution in [3.05, 3.63) is 41.0 Å². The van der Waals surface area contributed by atoms with Crippen molar-refractivity contribution in [2.24, 2.45) is 0 Å². The Morgan fingerprint density at radius 3 is 2.57 bits per heavy atom. The Hall–Kier alpha value is -1.61. The van der Waals surface area contributed by atoms with Crippen molar-refractivity contribution in [2.45, 2.75) is 38.1 Å². The summed E-state index contributed by atoms with van der Waals surface area (Å²) in [7, 11) is 1.41. The molecule has 0 N–H and O–H groups in total. The molecule has 1 saturated carbocycles. The Kier molecular flexibility index (Phi) is 4.39. The van der Waals surface area contributed by atoms with Gasteiger partial charge in [0.2, 0.25) is 0 Å². The third kappa shape index (κ3) is 3.18. The summed E-state index contributed by atoms with van der Waals surface area (Å²) in [6, 6.07) is 8.37. The van der Waals surface area contributed by atoms with Crippen LogP contribution in [0.25, 0.3) is 6.08 Å². The van der Waals surface area contributed by atoms with Crippen molar-refractivity contribution in [2.75, 3.05) is 20.2 Å². The van der Waals surface area contributed by atoms with Crippen LogP contribution in [0, 0.1) is 0 Å². The smallest absolute Gasteiger partial charge is 0.337 e. The molecule has 0 bridgehead atoms. The van der Waals surface area contributed by atoms with Crippen LogP contribution in [0.1, 0.15) is 48.0 Å². The lowest BCUT2D eigenvalue weighted by Crippen LogP contribution is -2.46.